The van der Waals surface area contributed by atoms with Crippen LogP contribution in [0.3, 0.4) is 0 Å². The fourth-order valence-corrected chi connectivity index (χ4v) is 1.93. The van der Waals surface area contributed by atoms with Crippen LogP contribution in [-0.4, -0.2) is 6.03 Å². The Kier molecular flexibility index (Phi) is 7.47. The molecule has 0 saturated heterocycles. The van der Waals surface area contributed by atoms with E-state index < -0.39 is 6.03 Å². The van der Waals surface area contributed by atoms with Crippen molar-refractivity contribution in [1.29, 1.82) is 0 Å². The van der Waals surface area contributed by atoms with Crippen LogP contribution in [0.15, 0.2) is 72.8 Å². The van der Waals surface area contributed by atoms with Gasteiger partial charge in [0.15, 0.2) is 0 Å². The Balaban J connectivity index is 0.000000344. The first-order valence-corrected chi connectivity index (χ1v) is 6.79. The fourth-order valence-electron chi connectivity index (χ4n) is 1.81. The van der Waals surface area contributed by atoms with Gasteiger partial charge in [-0.05, 0) is 5.69 Å². The van der Waals surface area contributed by atoms with Gasteiger partial charge in [0.25, 0.3) is 0 Å². The maximum absolute atomic E-state index is 10.7. The number of carbonyl (C=O) groups is 1. The van der Waals surface area contributed by atoms with E-state index in [1.54, 1.807) is 6.07 Å². The molecule has 3 rings (SSSR count). The number of rotatable bonds is 2. The van der Waals surface area contributed by atoms with Crippen LogP contribution in [0, 0.1) is 0 Å². The van der Waals surface area contributed by atoms with Crippen LogP contribution in [0.25, 0.3) is 11.1 Å². The maximum atomic E-state index is 10.7. The topological polar surface area (TPSA) is 55.1 Å². The zero-order valence-electron chi connectivity index (χ0n) is 11.6. The van der Waals surface area contributed by atoms with Gasteiger partial charge < -0.3 is 11.1 Å². The largest absolute Gasteiger partial charge is 6.00 e. The molecule has 5 heteroatoms. The molecule has 0 aliphatic rings. The molecule has 0 fully saturated rings. The van der Waals surface area contributed by atoms with E-state index >= 15 is 0 Å². The Bertz CT molecular complexity index is 658. The molecular formula is C17H15ClFeN2O+4. The molecule has 0 spiro atoms. The van der Waals surface area contributed by atoms with Crippen LogP contribution in [0.5, 0.6) is 0 Å². The summed E-state index contributed by atoms with van der Waals surface area (Å²) in [5, 5.41) is 3.22. The van der Waals surface area contributed by atoms with Crippen molar-refractivity contribution < 1.29 is 21.9 Å². The summed E-state index contributed by atoms with van der Waals surface area (Å²) in [6.07, 6.45) is 0. The van der Waals surface area contributed by atoms with E-state index in [-0.39, 0.29) is 17.1 Å². The molecule has 0 aliphatic carbocycles. The third-order valence-electron chi connectivity index (χ3n) is 2.75. The van der Waals surface area contributed by atoms with Crippen molar-refractivity contribution in [3.63, 3.8) is 0 Å². The van der Waals surface area contributed by atoms with E-state index in [0.717, 1.165) is 11.1 Å². The monoisotopic (exact) mass is 354 g/mol. The third-order valence-corrected chi connectivity index (χ3v) is 3.01. The van der Waals surface area contributed by atoms with E-state index in [1.165, 1.54) is 0 Å². The van der Waals surface area contributed by atoms with E-state index in [2.05, 4.69) is 5.32 Å². The van der Waals surface area contributed by atoms with Crippen LogP contribution >= 0.6 is 11.6 Å². The molecule has 0 bridgehead atoms. The number of urea groups is 1. The molecule has 0 radical (unpaired) electrons. The molecule has 0 atom stereocenters. The number of primary amides is 1. The van der Waals surface area contributed by atoms with Crippen molar-refractivity contribution in [2.75, 3.05) is 5.32 Å². The molecule has 3 aromatic rings. The van der Waals surface area contributed by atoms with E-state index in [4.69, 9.17) is 17.3 Å². The fraction of sp³-hybridized carbons (Fsp3) is 0. The molecule has 0 heterocycles. The van der Waals surface area contributed by atoms with Gasteiger partial charge >= 0.3 is 23.1 Å². The number of halogens is 1. The Labute approximate surface area is 145 Å². The van der Waals surface area contributed by atoms with Crippen molar-refractivity contribution in [1.82, 2.24) is 0 Å². The summed E-state index contributed by atoms with van der Waals surface area (Å²) in [5.41, 5.74) is 7.77. The van der Waals surface area contributed by atoms with Crippen molar-refractivity contribution in [2.24, 2.45) is 5.73 Å². The molecule has 22 heavy (non-hydrogen) atoms. The predicted octanol–water partition coefficient (Wildman–Crippen LogP) is 4.62. The number of anilines is 1. The number of nitrogens with two attached hydrogens (primary N) is 1. The molecule has 2 amide bonds. The summed E-state index contributed by atoms with van der Waals surface area (Å²) in [4.78, 5) is 10.7. The molecule has 0 unspecified atom stereocenters. The summed E-state index contributed by atoms with van der Waals surface area (Å²) < 4.78 is 0. The Morgan fingerprint density at radius 3 is 2.27 bits per heavy atom. The third kappa shape index (κ3) is 5.78. The van der Waals surface area contributed by atoms with Crippen LogP contribution < -0.4 is 11.1 Å². The molecule has 110 valence electrons. The number of carbonyl (C=O) groups excluding carboxylic acids is 1. The second-order valence-electron chi connectivity index (χ2n) is 4.35. The Morgan fingerprint density at radius 2 is 1.77 bits per heavy atom. The van der Waals surface area contributed by atoms with Gasteiger partial charge in [-0.2, -0.15) is 18.2 Å². The van der Waals surface area contributed by atoms with Crippen molar-refractivity contribution >= 4 is 23.3 Å². The average molecular weight is 355 g/mol. The minimum absolute atomic E-state index is 0. The van der Waals surface area contributed by atoms with Gasteiger partial charge in [-0.1, -0.05) is 29.3 Å². The van der Waals surface area contributed by atoms with Gasteiger partial charge in [0.2, 0.25) is 0 Å². The van der Waals surface area contributed by atoms with Gasteiger partial charge in [0.05, 0.1) is 0 Å². The zero-order chi connectivity index (χ0) is 15.1. The van der Waals surface area contributed by atoms with Crippen molar-refractivity contribution in [3.8, 4) is 11.1 Å². The number of amides is 2. The number of hydrogen-bond donors (Lipinski definition) is 2. The van der Waals surface area contributed by atoms with Crippen LogP contribution in [0.2, 0.25) is 5.02 Å². The Hall–Kier alpha value is -2.00. The standard InChI is InChI=1S/C12H10ClN2O.C5H5.Fe/c13-10-4-1-8(2-5-10)9-3-6-11(7-9)15-12(14)16;1-2-4-5-3-1;/h1-7H,(H3,14,15,16);1-5H;/q2*-1;+6. The van der Waals surface area contributed by atoms with Gasteiger partial charge in [-0.3, -0.25) is 0 Å². The minimum Gasteiger partial charge on any atom is -0.352 e. The summed E-state index contributed by atoms with van der Waals surface area (Å²) >= 11 is 5.80. The predicted molar refractivity (Wildman–Crippen MR) is 87.7 cm³/mol. The van der Waals surface area contributed by atoms with Crippen LogP contribution in [0.4, 0.5) is 10.5 Å². The summed E-state index contributed by atoms with van der Waals surface area (Å²) in [6.45, 7) is 0. The van der Waals surface area contributed by atoms with Gasteiger partial charge in [0.1, 0.15) is 0 Å². The molecule has 3 nitrogen and oxygen atoms in total. The molecule has 3 aromatic carbocycles. The van der Waals surface area contributed by atoms with Crippen LogP contribution in [0.1, 0.15) is 0 Å². The Morgan fingerprint density at radius 1 is 1.14 bits per heavy atom. The van der Waals surface area contributed by atoms with Crippen molar-refractivity contribution in [3.05, 3.63) is 77.8 Å². The number of nitrogens with one attached hydrogen (secondary N) is 1. The number of hydrogen-bond acceptors (Lipinski definition) is 1. The van der Waals surface area contributed by atoms with E-state index in [0.29, 0.717) is 10.7 Å². The SMILES string of the molecule is NC(=O)Nc1cc[c-](-c2ccc(Cl)cc2)c1.[Fe+6].c1cc[cH-]c1. The van der Waals surface area contributed by atoms with Crippen LogP contribution in [-0.2, 0) is 17.1 Å². The van der Waals surface area contributed by atoms with E-state index in [1.807, 2.05) is 66.7 Å². The summed E-state index contributed by atoms with van der Waals surface area (Å²) in [7, 11) is 0. The first kappa shape index (κ1) is 18.0. The van der Waals surface area contributed by atoms with Gasteiger partial charge in [-0.15, -0.1) is 35.9 Å². The molecule has 3 N–H and O–H groups in total. The second-order valence-corrected chi connectivity index (χ2v) is 4.78. The van der Waals surface area contributed by atoms with Crippen molar-refractivity contribution in [2.45, 2.75) is 0 Å². The average Bonchev–Trinajstić information content (AvgIpc) is 3.12. The summed E-state index contributed by atoms with van der Waals surface area (Å²) in [6, 6.07) is 22.5. The van der Waals surface area contributed by atoms with E-state index in [9.17, 15) is 4.79 Å². The second kappa shape index (κ2) is 9.11. The van der Waals surface area contributed by atoms with Gasteiger partial charge in [0, 0.05) is 5.02 Å². The zero-order valence-corrected chi connectivity index (χ0v) is 13.5. The smallest absolute Gasteiger partial charge is 0.352 e. The maximum Gasteiger partial charge on any atom is 6.00 e. The molecular weight excluding hydrogens is 339 g/mol. The molecule has 0 aliphatic heterocycles. The number of benzene rings is 1. The minimum atomic E-state index is -0.562. The van der Waals surface area contributed by atoms with Gasteiger partial charge in [-0.25, -0.2) is 16.9 Å². The first-order chi connectivity index (χ1) is 10.1. The quantitative estimate of drug-likeness (QED) is 0.512. The normalized spacial score (nSPS) is 9.14. The molecule has 0 aromatic heterocycles. The summed E-state index contributed by atoms with van der Waals surface area (Å²) in [5.74, 6) is 0. The first-order valence-electron chi connectivity index (χ1n) is 6.41. The molecule has 0 saturated carbocycles.